The molecule has 0 amide bonds. The van der Waals surface area contributed by atoms with E-state index in [2.05, 4.69) is 123 Å². The third-order valence-corrected chi connectivity index (χ3v) is 16.8. The fraction of sp³-hybridized carbons (Fsp3) is 0.747. The molecule has 0 spiro atoms. The van der Waals surface area contributed by atoms with E-state index in [1.165, 1.54) is 199 Å². The summed E-state index contributed by atoms with van der Waals surface area (Å²) in [5.41, 5.74) is 0. The molecule has 0 saturated carbocycles. The highest BCUT2D eigenvalue weighted by Crippen LogP contribution is 2.19. The van der Waals surface area contributed by atoms with Gasteiger partial charge in [-0.3, -0.25) is 9.59 Å². The molecular formula is C83H145NO8. The summed E-state index contributed by atoms with van der Waals surface area (Å²) in [7, 11) is 5.93. The number of carboxylic acid groups (broad SMARTS) is 1. The number of unbranched alkanes of at least 4 members (excludes halogenated alkanes) is 38. The molecule has 2 atom stereocenters. The van der Waals surface area contributed by atoms with Gasteiger partial charge in [-0.05, 0) is 83.5 Å². The number of carboxylic acids is 1. The van der Waals surface area contributed by atoms with Crippen LogP contribution in [0.5, 0.6) is 0 Å². The van der Waals surface area contributed by atoms with Gasteiger partial charge in [0.05, 0.1) is 40.3 Å². The SMILES string of the molecule is CC/C=C\C/C=C\C/C=C\C/C=C\C/C=C\C/C=C\C/C=C\C/C=C\C/C=C\CCCCCCCC(=O)OC(COC(=O)CCCCCCCCCCCCCCCCCCCCCCCCCCCCCCCCCCCC)COC(OCC[N+](C)(C)C)C(=O)[O-]. The Morgan fingerprint density at radius 2 is 0.620 bits per heavy atom. The number of esters is 2. The summed E-state index contributed by atoms with van der Waals surface area (Å²) < 4.78 is 22.8. The van der Waals surface area contributed by atoms with E-state index in [4.69, 9.17) is 18.9 Å². The van der Waals surface area contributed by atoms with Gasteiger partial charge in [-0.15, -0.1) is 0 Å². The number of nitrogens with zero attached hydrogens (tertiary/aromatic N) is 1. The Morgan fingerprint density at radius 3 is 0.924 bits per heavy atom. The van der Waals surface area contributed by atoms with Crippen molar-refractivity contribution in [3.63, 3.8) is 0 Å². The summed E-state index contributed by atoms with van der Waals surface area (Å²) in [5, 5.41) is 11.8. The first-order valence-electron chi connectivity index (χ1n) is 38.5. The largest absolute Gasteiger partial charge is 0.545 e. The van der Waals surface area contributed by atoms with E-state index >= 15 is 0 Å². The third-order valence-electron chi connectivity index (χ3n) is 16.8. The molecule has 0 aliphatic rings. The minimum absolute atomic E-state index is 0.140. The minimum atomic E-state index is -1.63. The summed E-state index contributed by atoms with van der Waals surface area (Å²) in [5.74, 6) is -2.30. The molecule has 0 N–H and O–H groups in total. The van der Waals surface area contributed by atoms with Gasteiger partial charge in [-0.2, -0.15) is 0 Å². The molecule has 0 aromatic carbocycles. The standard InChI is InChI=1S/C83H145NO8/c1-6-8-10-12-14-16-18-20-22-24-26-28-30-32-34-36-38-40-42-43-45-47-49-51-53-55-57-59-61-63-65-67-69-71-73-80(85)90-77-79(78-91-83(82(87)88)89-76-75-84(3,4)5)92-81(86)74-72-70-68-66-64-62-60-58-56-54-52-50-48-46-44-41-39-37-35-33-31-29-27-25-23-21-19-17-15-13-11-9-7-2/h9,11,15,17,21,23,27,29,33,35,39,41,46,48,52,54,58,60,79,83H,6-8,10,12-14,16,18-20,22,24-26,28,30-32,34,36-38,40,42-45,47,49-51,53,55-57,59,61-78H2,1-5H3/b11-9-,17-15-,23-21-,29-27-,35-33-,41-39-,48-46-,54-52-,60-58-. The van der Waals surface area contributed by atoms with Crippen LogP contribution in [0.2, 0.25) is 0 Å². The molecule has 0 rings (SSSR count). The molecule has 0 aliphatic carbocycles. The van der Waals surface area contributed by atoms with E-state index in [0.29, 0.717) is 17.4 Å². The Labute approximate surface area is 568 Å². The molecule has 0 bridgehead atoms. The number of rotatable bonds is 71. The van der Waals surface area contributed by atoms with Gasteiger partial charge in [-0.25, -0.2) is 0 Å². The Kier molecular flexibility index (Phi) is 69.6. The van der Waals surface area contributed by atoms with E-state index < -0.39 is 24.3 Å². The fourth-order valence-electron chi connectivity index (χ4n) is 10.9. The van der Waals surface area contributed by atoms with Crippen LogP contribution in [0, 0.1) is 0 Å². The zero-order valence-electron chi connectivity index (χ0n) is 60.7. The fourth-order valence-corrected chi connectivity index (χ4v) is 10.9. The molecule has 0 aliphatic heterocycles. The number of allylic oxidation sites excluding steroid dienone is 18. The van der Waals surface area contributed by atoms with Crippen molar-refractivity contribution in [2.75, 3.05) is 47.5 Å². The van der Waals surface area contributed by atoms with E-state index in [9.17, 15) is 19.5 Å². The molecule has 9 nitrogen and oxygen atoms in total. The van der Waals surface area contributed by atoms with Crippen molar-refractivity contribution in [2.45, 2.75) is 354 Å². The Bertz CT molecular complexity index is 1880. The van der Waals surface area contributed by atoms with Gasteiger partial charge in [0.1, 0.15) is 13.2 Å². The van der Waals surface area contributed by atoms with Crippen LogP contribution >= 0.6 is 0 Å². The molecular weight excluding hydrogens is 1140 g/mol. The lowest BCUT2D eigenvalue weighted by atomic mass is 10.0. The van der Waals surface area contributed by atoms with Gasteiger partial charge in [0.2, 0.25) is 0 Å². The first-order chi connectivity index (χ1) is 45.1. The Morgan fingerprint density at radius 1 is 0.337 bits per heavy atom. The third kappa shape index (κ3) is 73.4. The van der Waals surface area contributed by atoms with Crippen LogP contribution in [0.15, 0.2) is 109 Å². The molecule has 0 radical (unpaired) electrons. The molecule has 0 fully saturated rings. The average molecular weight is 1290 g/mol. The highest BCUT2D eigenvalue weighted by Gasteiger charge is 2.22. The molecule has 92 heavy (non-hydrogen) atoms. The monoisotopic (exact) mass is 1280 g/mol. The Hall–Kier alpha value is -4.05. The molecule has 0 saturated heterocycles. The number of carbonyl (C=O) groups is 3. The zero-order valence-corrected chi connectivity index (χ0v) is 60.7. The second-order valence-corrected chi connectivity index (χ2v) is 26.9. The maximum absolute atomic E-state index is 12.9. The van der Waals surface area contributed by atoms with Crippen molar-refractivity contribution in [2.24, 2.45) is 0 Å². The molecule has 0 heterocycles. The second-order valence-electron chi connectivity index (χ2n) is 26.9. The first-order valence-corrected chi connectivity index (χ1v) is 38.5. The van der Waals surface area contributed by atoms with Gasteiger partial charge in [0.15, 0.2) is 12.4 Å². The van der Waals surface area contributed by atoms with E-state index in [-0.39, 0.29) is 38.6 Å². The van der Waals surface area contributed by atoms with Crippen LogP contribution < -0.4 is 5.11 Å². The minimum Gasteiger partial charge on any atom is -0.545 e. The summed E-state index contributed by atoms with van der Waals surface area (Å²) in [4.78, 5) is 37.6. The van der Waals surface area contributed by atoms with Gasteiger partial charge >= 0.3 is 11.9 Å². The topological polar surface area (TPSA) is 111 Å². The summed E-state index contributed by atoms with van der Waals surface area (Å²) in [6.45, 7) is 4.65. The van der Waals surface area contributed by atoms with Crippen molar-refractivity contribution in [3.8, 4) is 0 Å². The normalized spacial score (nSPS) is 13.3. The lowest BCUT2D eigenvalue weighted by Gasteiger charge is -2.26. The lowest BCUT2D eigenvalue weighted by molar-refractivity contribution is -0.870. The van der Waals surface area contributed by atoms with E-state index in [0.717, 1.165) is 109 Å². The predicted octanol–water partition coefficient (Wildman–Crippen LogP) is 23.2. The number of likely N-dealkylation sites (N-methyl/N-ethyl adjacent to an activating group) is 1. The number of hydrogen-bond acceptors (Lipinski definition) is 8. The van der Waals surface area contributed by atoms with Crippen molar-refractivity contribution in [1.29, 1.82) is 0 Å². The van der Waals surface area contributed by atoms with E-state index in [1.807, 2.05) is 21.1 Å². The zero-order chi connectivity index (χ0) is 66.8. The lowest BCUT2D eigenvalue weighted by Crippen LogP contribution is -2.44. The van der Waals surface area contributed by atoms with Crippen molar-refractivity contribution >= 4 is 17.9 Å². The molecule has 9 heteroatoms. The molecule has 0 aromatic heterocycles. The van der Waals surface area contributed by atoms with Gasteiger partial charge in [-0.1, -0.05) is 354 Å². The number of carbonyl (C=O) groups excluding carboxylic acids is 3. The maximum Gasteiger partial charge on any atom is 0.306 e. The van der Waals surface area contributed by atoms with Crippen LogP contribution in [-0.2, 0) is 33.3 Å². The summed E-state index contributed by atoms with van der Waals surface area (Å²) in [6.07, 6.45) is 99.2. The molecule has 2 unspecified atom stereocenters. The number of ether oxygens (including phenoxy) is 4. The average Bonchev–Trinajstić information content (AvgIpc) is 3.69. The predicted molar refractivity (Wildman–Crippen MR) is 394 cm³/mol. The maximum atomic E-state index is 12.9. The number of hydrogen-bond donors (Lipinski definition) is 0. The highest BCUT2D eigenvalue weighted by molar-refractivity contribution is 5.70. The van der Waals surface area contributed by atoms with E-state index in [1.54, 1.807) is 0 Å². The van der Waals surface area contributed by atoms with Crippen molar-refractivity contribution in [1.82, 2.24) is 0 Å². The van der Waals surface area contributed by atoms with Crippen molar-refractivity contribution < 1.29 is 42.9 Å². The van der Waals surface area contributed by atoms with Crippen molar-refractivity contribution in [3.05, 3.63) is 109 Å². The Balaban J connectivity index is 4.11. The quantitative estimate of drug-likeness (QED) is 0.0195. The first kappa shape index (κ1) is 88.0. The van der Waals surface area contributed by atoms with Crippen LogP contribution in [-0.4, -0.2) is 82.3 Å². The summed E-state index contributed by atoms with van der Waals surface area (Å²) >= 11 is 0. The second kappa shape index (κ2) is 72.8. The van der Waals surface area contributed by atoms with Gasteiger partial charge in [0.25, 0.3) is 0 Å². The van der Waals surface area contributed by atoms with Crippen LogP contribution in [0.25, 0.3) is 0 Å². The molecule has 0 aromatic rings. The van der Waals surface area contributed by atoms with Gasteiger partial charge in [0, 0.05) is 12.8 Å². The van der Waals surface area contributed by atoms with Crippen LogP contribution in [0.3, 0.4) is 0 Å². The smallest absolute Gasteiger partial charge is 0.306 e. The number of aliphatic carboxylic acids is 1. The molecule has 530 valence electrons. The van der Waals surface area contributed by atoms with Gasteiger partial charge < -0.3 is 33.3 Å². The number of quaternary nitrogens is 1. The highest BCUT2D eigenvalue weighted by atomic mass is 16.7. The summed E-state index contributed by atoms with van der Waals surface area (Å²) in [6, 6.07) is 0. The van der Waals surface area contributed by atoms with Crippen LogP contribution in [0.4, 0.5) is 0 Å². The van der Waals surface area contributed by atoms with Crippen LogP contribution in [0.1, 0.15) is 341 Å².